The Hall–Kier alpha value is -3.35. The lowest BCUT2D eigenvalue weighted by Crippen LogP contribution is -2.51. The van der Waals surface area contributed by atoms with Crippen molar-refractivity contribution in [2.45, 2.75) is 47.1 Å². The van der Waals surface area contributed by atoms with Crippen LogP contribution in [0.1, 0.15) is 48.7 Å². The van der Waals surface area contributed by atoms with Crippen molar-refractivity contribution >= 4 is 23.3 Å². The van der Waals surface area contributed by atoms with E-state index in [1.165, 1.54) is 4.90 Å². The molecular weight excluding hydrogens is 420 g/mol. The van der Waals surface area contributed by atoms with Crippen LogP contribution in [0, 0.1) is 19.8 Å². The Bertz CT molecular complexity index is 1050. The van der Waals surface area contributed by atoms with Crippen LogP contribution in [0.2, 0.25) is 0 Å². The third-order valence-corrected chi connectivity index (χ3v) is 5.64. The molecule has 1 aliphatic heterocycles. The van der Waals surface area contributed by atoms with Gasteiger partial charge in [0.2, 0.25) is 5.91 Å². The molecule has 0 saturated heterocycles. The van der Waals surface area contributed by atoms with Crippen molar-refractivity contribution in [1.29, 1.82) is 0 Å². The molecule has 2 aromatic rings. The van der Waals surface area contributed by atoms with Crippen LogP contribution in [0.4, 0.5) is 5.69 Å². The first-order chi connectivity index (χ1) is 15.7. The number of nitrogens with zero attached hydrogens (tertiary/aromatic N) is 1. The quantitative estimate of drug-likeness (QED) is 0.585. The molecular formula is C26H32N2O5. The van der Waals surface area contributed by atoms with Gasteiger partial charge in [0.05, 0.1) is 5.69 Å². The highest BCUT2D eigenvalue weighted by molar-refractivity contribution is 6.05. The number of rotatable bonds is 9. The van der Waals surface area contributed by atoms with Crippen molar-refractivity contribution in [3.63, 3.8) is 0 Å². The molecule has 1 atom stereocenters. The van der Waals surface area contributed by atoms with Gasteiger partial charge in [-0.2, -0.15) is 0 Å². The number of amides is 2. The van der Waals surface area contributed by atoms with Crippen molar-refractivity contribution in [2.24, 2.45) is 5.92 Å². The Morgan fingerprint density at radius 2 is 1.88 bits per heavy atom. The number of hydrogen-bond acceptors (Lipinski definition) is 5. The number of nitrogens with one attached hydrogen (secondary N) is 1. The molecule has 176 valence electrons. The van der Waals surface area contributed by atoms with Gasteiger partial charge < -0.3 is 14.8 Å². The number of Topliss-reactive ketones (excluding diaryl/α,β-unsaturated/α-hetero) is 1. The standard InChI is InChI=1S/C26H32N2O5/c1-16(2)10-11-27-26(31)19(5)28-21-13-20(7-9-24(21)33-15-25(28)30)22(29)14-32-23-8-6-17(3)12-18(23)4/h6-9,12-13,16,19H,10-11,14-15H2,1-5H3,(H,27,31). The second-order valence-corrected chi connectivity index (χ2v) is 8.87. The van der Waals surface area contributed by atoms with E-state index in [2.05, 4.69) is 19.2 Å². The summed E-state index contributed by atoms with van der Waals surface area (Å²) < 4.78 is 11.3. The maximum atomic E-state index is 12.8. The average Bonchev–Trinajstić information content (AvgIpc) is 2.77. The summed E-state index contributed by atoms with van der Waals surface area (Å²) in [5, 5.41) is 2.89. The van der Waals surface area contributed by atoms with E-state index in [9.17, 15) is 14.4 Å². The number of ketones is 1. The minimum absolute atomic E-state index is 0.136. The third-order valence-electron chi connectivity index (χ3n) is 5.64. The highest BCUT2D eigenvalue weighted by Crippen LogP contribution is 2.34. The fourth-order valence-electron chi connectivity index (χ4n) is 3.71. The summed E-state index contributed by atoms with van der Waals surface area (Å²) in [6.45, 7) is 10.0. The number of carbonyl (C=O) groups is 3. The number of fused-ring (bicyclic) bond motifs is 1. The lowest BCUT2D eigenvalue weighted by Gasteiger charge is -2.33. The molecule has 1 unspecified atom stereocenters. The molecule has 0 spiro atoms. The van der Waals surface area contributed by atoms with E-state index >= 15 is 0 Å². The highest BCUT2D eigenvalue weighted by Gasteiger charge is 2.33. The zero-order valence-electron chi connectivity index (χ0n) is 19.9. The summed E-state index contributed by atoms with van der Waals surface area (Å²) in [5.74, 6) is 0.773. The molecule has 0 fully saturated rings. The van der Waals surface area contributed by atoms with E-state index in [0.29, 0.717) is 35.2 Å². The number of benzene rings is 2. The Morgan fingerprint density at radius 3 is 2.58 bits per heavy atom. The maximum absolute atomic E-state index is 12.8. The van der Waals surface area contributed by atoms with Crippen LogP contribution in [0.25, 0.3) is 0 Å². The predicted molar refractivity (Wildman–Crippen MR) is 127 cm³/mol. The Labute approximate surface area is 195 Å². The minimum atomic E-state index is -0.732. The predicted octanol–water partition coefficient (Wildman–Crippen LogP) is 3.84. The fraction of sp³-hybridized carbons (Fsp3) is 0.423. The fourth-order valence-corrected chi connectivity index (χ4v) is 3.71. The van der Waals surface area contributed by atoms with E-state index in [1.54, 1.807) is 25.1 Å². The van der Waals surface area contributed by atoms with Gasteiger partial charge in [0, 0.05) is 12.1 Å². The van der Waals surface area contributed by atoms with Gasteiger partial charge in [-0.15, -0.1) is 0 Å². The number of ether oxygens (including phenoxy) is 2. The molecule has 3 rings (SSSR count). The molecule has 7 nitrogen and oxygen atoms in total. The van der Waals surface area contributed by atoms with E-state index in [4.69, 9.17) is 9.47 Å². The second kappa shape index (κ2) is 10.5. The molecule has 0 bridgehead atoms. The zero-order chi connectivity index (χ0) is 24.1. The van der Waals surface area contributed by atoms with Gasteiger partial charge in [0.1, 0.15) is 17.5 Å². The number of carbonyl (C=O) groups excluding carboxylic acids is 3. The Balaban J connectivity index is 1.76. The first kappa shape index (κ1) is 24.3. The van der Waals surface area contributed by atoms with Crippen LogP contribution < -0.4 is 19.7 Å². The summed E-state index contributed by atoms with van der Waals surface area (Å²) >= 11 is 0. The SMILES string of the molecule is Cc1ccc(OCC(=O)c2ccc3c(c2)N(C(C)C(=O)NCCC(C)C)C(=O)CO3)c(C)c1. The summed E-state index contributed by atoms with van der Waals surface area (Å²) in [5.41, 5.74) is 2.87. The van der Waals surface area contributed by atoms with E-state index in [-0.39, 0.29) is 30.8 Å². The van der Waals surface area contributed by atoms with Crippen LogP contribution in [-0.2, 0) is 9.59 Å². The van der Waals surface area contributed by atoms with Gasteiger partial charge in [-0.3, -0.25) is 19.3 Å². The van der Waals surface area contributed by atoms with E-state index in [0.717, 1.165) is 17.5 Å². The van der Waals surface area contributed by atoms with Crippen molar-refractivity contribution in [1.82, 2.24) is 5.32 Å². The summed E-state index contributed by atoms with van der Waals surface area (Å²) in [6, 6.07) is 9.93. The second-order valence-electron chi connectivity index (χ2n) is 8.87. The van der Waals surface area contributed by atoms with Crippen molar-refractivity contribution in [3.05, 3.63) is 53.1 Å². The van der Waals surface area contributed by atoms with Crippen LogP contribution in [0.15, 0.2) is 36.4 Å². The third kappa shape index (κ3) is 5.92. The number of aryl methyl sites for hydroxylation is 2. The monoisotopic (exact) mass is 452 g/mol. The lowest BCUT2D eigenvalue weighted by atomic mass is 10.1. The number of hydrogen-bond donors (Lipinski definition) is 1. The molecule has 1 N–H and O–H groups in total. The van der Waals surface area contributed by atoms with Crippen molar-refractivity contribution < 1.29 is 23.9 Å². The summed E-state index contributed by atoms with van der Waals surface area (Å²) in [4.78, 5) is 39.6. The normalized spacial score (nSPS) is 13.9. The van der Waals surface area contributed by atoms with E-state index in [1.807, 2.05) is 32.0 Å². The highest BCUT2D eigenvalue weighted by atomic mass is 16.5. The van der Waals surface area contributed by atoms with Crippen molar-refractivity contribution in [3.8, 4) is 11.5 Å². The molecule has 7 heteroatoms. The lowest BCUT2D eigenvalue weighted by molar-refractivity contribution is -0.127. The molecule has 1 heterocycles. The van der Waals surface area contributed by atoms with Crippen LogP contribution in [-0.4, -0.2) is 43.4 Å². The smallest absolute Gasteiger partial charge is 0.265 e. The largest absolute Gasteiger partial charge is 0.485 e. The molecule has 0 radical (unpaired) electrons. The van der Waals surface area contributed by atoms with E-state index < -0.39 is 6.04 Å². The summed E-state index contributed by atoms with van der Waals surface area (Å²) in [6.07, 6.45) is 0.852. The molecule has 0 aromatic heterocycles. The van der Waals surface area contributed by atoms with Gasteiger partial charge in [0.15, 0.2) is 19.0 Å². The minimum Gasteiger partial charge on any atom is -0.485 e. The molecule has 2 amide bonds. The molecule has 33 heavy (non-hydrogen) atoms. The van der Waals surface area contributed by atoms with Crippen LogP contribution in [0.5, 0.6) is 11.5 Å². The molecule has 2 aromatic carbocycles. The molecule has 1 aliphatic rings. The van der Waals surface area contributed by atoms with Gasteiger partial charge in [-0.25, -0.2) is 0 Å². The van der Waals surface area contributed by atoms with Gasteiger partial charge in [-0.05, 0) is 62.9 Å². The topological polar surface area (TPSA) is 84.9 Å². The average molecular weight is 453 g/mol. The first-order valence-electron chi connectivity index (χ1n) is 11.3. The Kier molecular flexibility index (Phi) is 7.74. The number of anilines is 1. The van der Waals surface area contributed by atoms with Crippen LogP contribution in [0.3, 0.4) is 0 Å². The maximum Gasteiger partial charge on any atom is 0.265 e. The van der Waals surface area contributed by atoms with Gasteiger partial charge in [0.25, 0.3) is 5.91 Å². The first-order valence-corrected chi connectivity index (χ1v) is 11.3. The zero-order valence-corrected chi connectivity index (χ0v) is 19.9. The summed E-state index contributed by atoms with van der Waals surface area (Å²) in [7, 11) is 0. The Morgan fingerprint density at radius 1 is 1.12 bits per heavy atom. The van der Waals surface area contributed by atoms with Gasteiger partial charge in [-0.1, -0.05) is 31.5 Å². The molecule has 0 saturated carbocycles. The van der Waals surface area contributed by atoms with Gasteiger partial charge >= 0.3 is 0 Å². The van der Waals surface area contributed by atoms with Crippen molar-refractivity contribution in [2.75, 3.05) is 24.7 Å². The molecule has 0 aliphatic carbocycles. The van der Waals surface area contributed by atoms with Crippen LogP contribution >= 0.6 is 0 Å².